The van der Waals surface area contributed by atoms with Crippen molar-refractivity contribution in [3.8, 4) is 0 Å². The second-order valence-corrected chi connectivity index (χ2v) is 7.96. The van der Waals surface area contributed by atoms with E-state index in [0.29, 0.717) is 23.5 Å². The van der Waals surface area contributed by atoms with E-state index in [1.807, 2.05) is 19.2 Å². The van der Waals surface area contributed by atoms with Gasteiger partial charge in [-0.1, -0.05) is 26.3 Å². The van der Waals surface area contributed by atoms with E-state index < -0.39 is 24.2 Å². The number of amides is 3. The molecule has 11 heteroatoms. The molecular weight excluding hydrogens is 431 g/mol. The highest BCUT2D eigenvalue weighted by Gasteiger charge is 2.37. The van der Waals surface area contributed by atoms with E-state index in [1.165, 1.54) is 22.3 Å². The summed E-state index contributed by atoms with van der Waals surface area (Å²) in [4.78, 5) is 35.3. The van der Waals surface area contributed by atoms with Crippen molar-refractivity contribution in [1.82, 2.24) is 15.3 Å². The van der Waals surface area contributed by atoms with Crippen LogP contribution >= 0.6 is 11.3 Å². The summed E-state index contributed by atoms with van der Waals surface area (Å²) in [5.41, 5.74) is 0.416. The fraction of sp³-hybridized carbons (Fsp3) is 0.500. The number of aryl methyl sites for hydroxylation is 1. The third-order valence-corrected chi connectivity index (χ3v) is 5.38. The molecule has 0 unspecified atom stereocenters. The maximum atomic E-state index is 13.1. The van der Waals surface area contributed by atoms with E-state index in [-0.39, 0.29) is 17.6 Å². The Hall–Kier alpha value is -2.69. The summed E-state index contributed by atoms with van der Waals surface area (Å²) in [5.74, 6) is -0.739. The topological polar surface area (TPSA) is 87.2 Å². The van der Waals surface area contributed by atoms with Crippen molar-refractivity contribution >= 4 is 34.2 Å². The standard InChI is InChI=1S/C20H26F3N5O2S/c1-5-7-14(6-2)28(19(30)27-18-24-10-11-31-18)16-12(3)8-9-15(26-16)17(29)25-13(4)20(21,22)23/h8-11,13-14H,5-7H2,1-4H3,(H,25,29)(H,24,27,30)/t13-,14-/m1/s1. The predicted octanol–water partition coefficient (Wildman–Crippen LogP) is 5.14. The Labute approximate surface area is 183 Å². The minimum Gasteiger partial charge on any atom is -0.339 e. The Morgan fingerprint density at radius 1 is 1.26 bits per heavy atom. The third kappa shape index (κ3) is 6.39. The largest absolute Gasteiger partial charge is 0.408 e. The molecule has 7 nitrogen and oxygen atoms in total. The number of hydrogen-bond donors (Lipinski definition) is 2. The van der Waals surface area contributed by atoms with Crippen LogP contribution in [0.1, 0.15) is 56.1 Å². The fourth-order valence-corrected chi connectivity index (χ4v) is 3.48. The average molecular weight is 458 g/mol. The maximum absolute atomic E-state index is 13.1. The molecule has 0 spiro atoms. The van der Waals surface area contributed by atoms with Crippen molar-refractivity contribution in [2.45, 2.75) is 65.2 Å². The number of urea groups is 1. The Morgan fingerprint density at radius 2 is 1.97 bits per heavy atom. The van der Waals surface area contributed by atoms with Crippen molar-refractivity contribution in [3.63, 3.8) is 0 Å². The Bertz CT molecular complexity index is 889. The summed E-state index contributed by atoms with van der Waals surface area (Å²) in [6.07, 6.45) is -0.893. The van der Waals surface area contributed by atoms with Crippen molar-refractivity contribution in [1.29, 1.82) is 0 Å². The number of alkyl halides is 3. The third-order valence-electron chi connectivity index (χ3n) is 4.69. The Morgan fingerprint density at radius 3 is 2.52 bits per heavy atom. The molecule has 0 saturated heterocycles. The van der Waals surface area contributed by atoms with Crippen molar-refractivity contribution in [2.75, 3.05) is 10.2 Å². The second kappa shape index (κ2) is 10.6. The molecule has 0 fully saturated rings. The number of nitrogens with zero attached hydrogens (tertiary/aromatic N) is 3. The summed E-state index contributed by atoms with van der Waals surface area (Å²) in [5, 5.41) is 6.76. The molecule has 0 aliphatic carbocycles. The quantitative estimate of drug-likeness (QED) is 0.574. The normalized spacial score (nSPS) is 13.4. The number of nitrogens with one attached hydrogen (secondary N) is 2. The van der Waals surface area contributed by atoms with Gasteiger partial charge in [-0.05, 0) is 38.3 Å². The van der Waals surface area contributed by atoms with Gasteiger partial charge in [0, 0.05) is 17.6 Å². The molecule has 0 aliphatic heterocycles. The number of halogens is 3. The van der Waals surface area contributed by atoms with Crippen LogP contribution in [0.4, 0.5) is 28.9 Å². The van der Waals surface area contributed by atoms with Crippen LogP contribution in [0, 0.1) is 6.92 Å². The lowest BCUT2D eigenvalue weighted by Gasteiger charge is -2.31. The van der Waals surface area contributed by atoms with Gasteiger partial charge in [-0.3, -0.25) is 15.0 Å². The summed E-state index contributed by atoms with van der Waals surface area (Å²) in [7, 11) is 0. The highest BCUT2D eigenvalue weighted by atomic mass is 32.1. The first-order chi connectivity index (χ1) is 14.6. The molecule has 2 atom stereocenters. The molecule has 31 heavy (non-hydrogen) atoms. The number of pyridine rings is 1. The number of thiazole rings is 1. The van der Waals surface area contributed by atoms with Crippen molar-refractivity contribution < 1.29 is 22.8 Å². The number of rotatable bonds is 8. The summed E-state index contributed by atoms with van der Waals surface area (Å²) < 4.78 is 38.5. The van der Waals surface area contributed by atoms with Crippen LogP contribution in [0.3, 0.4) is 0 Å². The number of carbonyl (C=O) groups is 2. The van der Waals surface area contributed by atoms with Gasteiger partial charge >= 0.3 is 12.2 Å². The highest BCUT2D eigenvalue weighted by Crippen LogP contribution is 2.26. The zero-order valence-electron chi connectivity index (χ0n) is 17.8. The summed E-state index contributed by atoms with van der Waals surface area (Å²) in [6.45, 7) is 6.50. The molecule has 0 radical (unpaired) electrons. The first kappa shape index (κ1) is 24.6. The van der Waals surface area contributed by atoms with Crippen molar-refractivity contribution in [2.24, 2.45) is 0 Å². The first-order valence-corrected chi connectivity index (χ1v) is 10.8. The molecule has 0 bridgehead atoms. The van der Waals surface area contributed by atoms with Crippen LogP contribution in [0.25, 0.3) is 0 Å². The molecule has 2 heterocycles. The fourth-order valence-electron chi connectivity index (χ4n) is 2.96. The zero-order valence-corrected chi connectivity index (χ0v) is 18.6. The van der Waals surface area contributed by atoms with Gasteiger partial charge in [-0.25, -0.2) is 14.8 Å². The molecule has 170 valence electrons. The Balaban J connectivity index is 2.41. The van der Waals surface area contributed by atoms with Gasteiger partial charge in [0.25, 0.3) is 5.91 Å². The van der Waals surface area contributed by atoms with E-state index in [1.54, 1.807) is 24.6 Å². The predicted molar refractivity (Wildman–Crippen MR) is 115 cm³/mol. The lowest BCUT2D eigenvalue weighted by Crippen LogP contribution is -2.45. The Kier molecular flexibility index (Phi) is 8.37. The highest BCUT2D eigenvalue weighted by molar-refractivity contribution is 7.13. The molecule has 2 aromatic rings. The lowest BCUT2D eigenvalue weighted by atomic mass is 10.1. The van der Waals surface area contributed by atoms with Crippen molar-refractivity contribution in [3.05, 3.63) is 35.0 Å². The van der Waals surface area contributed by atoms with Gasteiger partial charge in [0.15, 0.2) is 5.13 Å². The zero-order chi connectivity index (χ0) is 23.2. The average Bonchev–Trinajstić information content (AvgIpc) is 3.20. The monoisotopic (exact) mass is 457 g/mol. The van der Waals surface area contributed by atoms with Crippen LogP contribution in [0.15, 0.2) is 23.7 Å². The van der Waals surface area contributed by atoms with E-state index in [0.717, 1.165) is 13.3 Å². The molecule has 0 aromatic carbocycles. The van der Waals surface area contributed by atoms with Gasteiger partial charge < -0.3 is 5.32 Å². The summed E-state index contributed by atoms with van der Waals surface area (Å²) >= 11 is 1.26. The second-order valence-electron chi connectivity index (χ2n) is 7.06. The lowest BCUT2D eigenvalue weighted by molar-refractivity contribution is -0.149. The minimum atomic E-state index is -4.57. The molecule has 3 amide bonds. The molecular formula is C20H26F3N5O2S. The van der Waals surface area contributed by atoms with Crippen LogP contribution in [-0.2, 0) is 0 Å². The molecule has 2 aromatic heterocycles. The number of hydrogen-bond acceptors (Lipinski definition) is 5. The van der Waals surface area contributed by atoms with Crippen LogP contribution in [0.5, 0.6) is 0 Å². The van der Waals surface area contributed by atoms with Crippen LogP contribution in [0.2, 0.25) is 0 Å². The SMILES string of the molecule is CCC[C@@H](CC)N(C(=O)Nc1nccs1)c1nc(C(=O)N[C@H](C)C(F)(F)F)ccc1C. The smallest absolute Gasteiger partial charge is 0.339 e. The molecule has 0 saturated carbocycles. The van der Waals surface area contributed by atoms with E-state index in [4.69, 9.17) is 0 Å². The van der Waals surface area contributed by atoms with Crippen LogP contribution < -0.4 is 15.5 Å². The van der Waals surface area contributed by atoms with E-state index in [2.05, 4.69) is 15.3 Å². The molecule has 2 rings (SSSR count). The van der Waals surface area contributed by atoms with Gasteiger partial charge in [0.2, 0.25) is 0 Å². The number of anilines is 2. The van der Waals surface area contributed by atoms with Crippen LogP contribution in [-0.4, -0.2) is 40.2 Å². The van der Waals surface area contributed by atoms with Gasteiger partial charge in [0.05, 0.1) is 0 Å². The minimum absolute atomic E-state index is 0.199. The van der Waals surface area contributed by atoms with Gasteiger partial charge in [-0.2, -0.15) is 13.2 Å². The molecule has 0 aliphatic rings. The van der Waals surface area contributed by atoms with Gasteiger partial charge in [-0.15, -0.1) is 11.3 Å². The number of carbonyl (C=O) groups excluding carboxylic acids is 2. The maximum Gasteiger partial charge on any atom is 0.408 e. The molecule has 2 N–H and O–H groups in total. The van der Waals surface area contributed by atoms with E-state index >= 15 is 0 Å². The van der Waals surface area contributed by atoms with Gasteiger partial charge in [0.1, 0.15) is 17.6 Å². The van der Waals surface area contributed by atoms with E-state index in [9.17, 15) is 22.8 Å². The first-order valence-electron chi connectivity index (χ1n) is 9.93. The number of aromatic nitrogens is 2. The summed E-state index contributed by atoms with van der Waals surface area (Å²) in [6, 6.07) is 0.197.